The molecule has 2 aromatic rings. The summed E-state index contributed by atoms with van der Waals surface area (Å²) in [6.07, 6.45) is 5.73. The molecule has 2 heterocycles. The van der Waals surface area contributed by atoms with E-state index in [0.717, 1.165) is 5.57 Å². The number of hydrogen-bond donors (Lipinski definition) is 2. The summed E-state index contributed by atoms with van der Waals surface area (Å²) in [7, 11) is 1.47. The van der Waals surface area contributed by atoms with Crippen LogP contribution in [0.2, 0.25) is 0 Å². The van der Waals surface area contributed by atoms with E-state index in [9.17, 15) is 15.0 Å². The van der Waals surface area contributed by atoms with Gasteiger partial charge in [-0.3, -0.25) is 4.79 Å². The largest absolute Gasteiger partial charge is 0.507 e. The number of allylic oxidation sites excluding steroid dienone is 2. The maximum atomic E-state index is 13.2. The molecule has 2 aromatic carbocycles. The minimum Gasteiger partial charge on any atom is -0.507 e. The lowest BCUT2D eigenvalue weighted by atomic mass is 9.88. The van der Waals surface area contributed by atoms with Crippen molar-refractivity contribution >= 4 is 11.9 Å². The Kier molecular flexibility index (Phi) is 5.41. The number of carbonyl (C=O) groups excluding carboxylic acids is 1. The molecule has 2 N–H and O–H groups in total. The van der Waals surface area contributed by atoms with Crippen LogP contribution in [-0.2, 0) is 6.42 Å². The molecule has 32 heavy (non-hydrogen) atoms. The lowest BCUT2D eigenvalue weighted by Crippen LogP contribution is -2.30. The van der Waals surface area contributed by atoms with E-state index in [1.54, 1.807) is 12.1 Å². The Labute approximate surface area is 187 Å². The average Bonchev–Trinajstić information content (AvgIpc) is 2.72. The monoisotopic (exact) mass is 436 g/mol. The molecule has 2 aliphatic rings. The van der Waals surface area contributed by atoms with Crippen molar-refractivity contribution in [3.63, 3.8) is 0 Å². The van der Waals surface area contributed by atoms with Crippen molar-refractivity contribution in [3.8, 4) is 28.7 Å². The second-order valence-electron chi connectivity index (χ2n) is 8.96. The summed E-state index contributed by atoms with van der Waals surface area (Å²) in [5, 5.41) is 21.0. The number of phenols is 2. The van der Waals surface area contributed by atoms with E-state index in [2.05, 4.69) is 0 Å². The second-order valence-corrected chi connectivity index (χ2v) is 8.96. The van der Waals surface area contributed by atoms with Crippen molar-refractivity contribution in [1.29, 1.82) is 0 Å². The third-order valence-electron chi connectivity index (χ3n) is 5.73. The Balaban J connectivity index is 1.86. The van der Waals surface area contributed by atoms with Crippen LogP contribution in [0, 0.1) is 0 Å². The number of carbonyl (C=O) groups is 1. The molecule has 0 spiro atoms. The van der Waals surface area contributed by atoms with Crippen LogP contribution in [0.25, 0.3) is 6.08 Å². The highest BCUT2D eigenvalue weighted by atomic mass is 16.5. The lowest BCUT2D eigenvalue weighted by Gasteiger charge is -2.34. The summed E-state index contributed by atoms with van der Waals surface area (Å²) in [6, 6.07) is 4.87. The van der Waals surface area contributed by atoms with Crippen LogP contribution >= 0.6 is 0 Å². The minimum atomic E-state index is -0.583. The van der Waals surface area contributed by atoms with Gasteiger partial charge in [-0.25, -0.2) is 0 Å². The SMILES string of the molecule is COc1cc([C@H]2CC(=O)c3c(O)c(CC=C(C)C)c4c(c3O2)C=CC(C)(C)O4)ccc1O. The van der Waals surface area contributed by atoms with Gasteiger partial charge in [0.05, 0.1) is 19.1 Å². The van der Waals surface area contributed by atoms with Crippen molar-refractivity contribution in [1.82, 2.24) is 0 Å². The highest BCUT2D eigenvalue weighted by Gasteiger charge is 2.38. The number of fused-ring (bicyclic) bond motifs is 3. The molecular formula is C26H28O6. The quantitative estimate of drug-likeness (QED) is 0.615. The van der Waals surface area contributed by atoms with E-state index in [1.807, 2.05) is 45.9 Å². The van der Waals surface area contributed by atoms with E-state index >= 15 is 0 Å². The standard InChI is InChI=1S/C26H28O6/c1-14(2)6-8-16-23(29)22-19(28)13-20(15-7-9-18(27)21(12-15)30-5)31-25(22)17-10-11-26(3,4)32-24(16)17/h6-7,9-12,20,27,29H,8,13H2,1-5H3/t20-/m1/s1. The number of rotatable bonds is 4. The zero-order valence-electron chi connectivity index (χ0n) is 19.0. The van der Waals surface area contributed by atoms with Gasteiger partial charge in [0.2, 0.25) is 0 Å². The molecule has 0 unspecified atom stereocenters. The number of methoxy groups -OCH3 is 1. The third kappa shape index (κ3) is 3.81. The molecule has 4 rings (SSSR count). The van der Waals surface area contributed by atoms with Crippen molar-refractivity contribution in [2.24, 2.45) is 0 Å². The van der Waals surface area contributed by atoms with Gasteiger partial charge in [0.25, 0.3) is 0 Å². The smallest absolute Gasteiger partial charge is 0.174 e. The molecule has 0 saturated heterocycles. The predicted molar refractivity (Wildman–Crippen MR) is 122 cm³/mol. The van der Waals surface area contributed by atoms with Crippen LogP contribution in [0.5, 0.6) is 28.7 Å². The van der Waals surface area contributed by atoms with Crippen LogP contribution in [0.15, 0.2) is 35.9 Å². The van der Waals surface area contributed by atoms with Gasteiger partial charge in [0.15, 0.2) is 17.3 Å². The Morgan fingerprint density at radius 3 is 2.69 bits per heavy atom. The van der Waals surface area contributed by atoms with Crippen LogP contribution in [0.3, 0.4) is 0 Å². The van der Waals surface area contributed by atoms with Crippen LogP contribution in [-0.4, -0.2) is 28.7 Å². The fourth-order valence-corrected chi connectivity index (χ4v) is 4.03. The highest BCUT2D eigenvalue weighted by molar-refractivity contribution is 6.05. The number of aromatic hydroxyl groups is 2. The van der Waals surface area contributed by atoms with E-state index in [4.69, 9.17) is 14.2 Å². The Morgan fingerprint density at radius 2 is 2.00 bits per heavy atom. The topological polar surface area (TPSA) is 85.2 Å². The first-order valence-electron chi connectivity index (χ1n) is 10.6. The number of ketones is 1. The average molecular weight is 437 g/mol. The number of phenolic OH excluding ortho intramolecular Hbond substituents is 2. The van der Waals surface area contributed by atoms with E-state index < -0.39 is 11.7 Å². The van der Waals surface area contributed by atoms with E-state index in [0.29, 0.717) is 40.4 Å². The van der Waals surface area contributed by atoms with Crippen LogP contribution in [0.1, 0.15) is 67.3 Å². The molecule has 6 heteroatoms. The first-order valence-corrected chi connectivity index (χ1v) is 10.6. The van der Waals surface area contributed by atoms with E-state index in [1.165, 1.54) is 13.2 Å². The Morgan fingerprint density at radius 1 is 1.25 bits per heavy atom. The normalized spacial score (nSPS) is 18.2. The van der Waals surface area contributed by atoms with Gasteiger partial charge in [-0.05, 0) is 64.0 Å². The summed E-state index contributed by atoms with van der Waals surface area (Å²) in [6.45, 7) is 7.84. The Bertz CT molecular complexity index is 1150. The summed E-state index contributed by atoms with van der Waals surface area (Å²) >= 11 is 0. The van der Waals surface area contributed by atoms with Gasteiger partial charge in [0, 0.05) is 5.56 Å². The maximum absolute atomic E-state index is 13.2. The predicted octanol–water partition coefficient (Wildman–Crippen LogP) is 5.51. The van der Waals surface area contributed by atoms with Crippen molar-refractivity contribution < 1.29 is 29.2 Å². The highest BCUT2D eigenvalue weighted by Crippen LogP contribution is 2.51. The zero-order valence-corrected chi connectivity index (χ0v) is 19.0. The second kappa shape index (κ2) is 7.93. The third-order valence-corrected chi connectivity index (χ3v) is 5.73. The van der Waals surface area contributed by atoms with Crippen molar-refractivity contribution in [2.45, 2.75) is 52.2 Å². The first kappa shape index (κ1) is 21.8. The molecule has 0 radical (unpaired) electrons. The molecular weight excluding hydrogens is 408 g/mol. The molecule has 0 aliphatic carbocycles. The summed E-state index contributed by atoms with van der Waals surface area (Å²) in [5.41, 5.74) is 2.66. The number of ether oxygens (including phenoxy) is 3. The van der Waals surface area contributed by atoms with Gasteiger partial charge in [-0.2, -0.15) is 0 Å². The molecule has 0 saturated carbocycles. The molecule has 1 atom stereocenters. The van der Waals surface area contributed by atoms with Gasteiger partial charge in [0.1, 0.15) is 34.5 Å². The van der Waals surface area contributed by atoms with Crippen molar-refractivity contribution in [2.75, 3.05) is 7.11 Å². The number of Topliss-reactive ketones (excluding diaryl/α,β-unsaturated/α-hetero) is 1. The molecule has 0 fully saturated rings. The van der Waals surface area contributed by atoms with Gasteiger partial charge >= 0.3 is 0 Å². The fourth-order valence-electron chi connectivity index (χ4n) is 4.03. The Hall–Kier alpha value is -3.41. The van der Waals surface area contributed by atoms with Crippen LogP contribution in [0.4, 0.5) is 0 Å². The molecule has 0 aromatic heterocycles. The van der Waals surface area contributed by atoms with Gasteiger partial charge < -0.3 is 24.4 Å². The summed E-state index contributed by atoms with van der Waals surface area (Å²) in [5.74, 6) is 0.864. The molecule has 2 aliphatic heterocycles. The van der Waals surface area contributed by atoms with E-state index in [-0.39, 0.29) is 29.3 Å². The number of benzene rings is 2. The maximum Gasteiger partial charge on any atom is 0.174 e. The molecule has 0 bridgehead atoms. The van der Waals surface area contributed by atoms with Crippen LogP contribution < -0.4 is 14.2 Å². The summed E-state index contributed by atoms with van der Waals surface area (Å²) < 4.78 is 17.7. The first-order chi connectivity index (χ1) is 15.1. The summed E-state index contributed by atoms with van der Waals surface area (Å²) in [4.78, 5) is 13.2. The van der Waals surface area contributed by atoms with Gasteiger partial charge in [-0.15, -0.1) is 0 Å². The molecule has 168 valence electrons. The number of hydrogen-bond acceptors (Lipinski definition) is 6. The lowest BCUT2D eigenvalue weighted by molar-refractivity contribution is 0.0840. The minimum absolute atomic E-state index is 0.0105. The molecule has 6 nitrogen and oxygen atoms in total. The van der Waals surface area contributed by atoms with Gasteiger partial charge in [-0.1, -0.05) is 17.7 Å². The fraction of sp³-hybridized carbons (Fsp3) is 0.346. The van der Waals surface area contributed by atoms with Crippen molar-refractivity contribution in [3.05, 3.63) is 58.2 Å². The molecule has 0 amide bonds. The zero-order chi connectivity index (χ0) is 23.2.